The van der Waals surface area contributed by atoms with E-state index in [0.717, 1.165) is 0 Å². The number of rotatable bonds is 5. The lowest BCUT2D eigenvalue weighted by Gasteiger charge is -2.37. The average molecular weight is 397 g/mol. The molecule has 0 spiro atoms. The SMILES string of the molecule is CC(C)(C)OC(=O)N1[C@H](C(CC(C#N)C#N)C(=O)c2ccccc2)COC1(C)C. The molecule has 2 atom stereocenters. The Morgan fingerprint density at radius 3 is 2.34 bits per heavy atom. The summed E-state index contributed by atoms with van der Waals surface area (Å²) >= 11 is 0. The molecule has 154 valence electrons. The monoisotopic (exact) mass is 397 g/mol. The minimum atomic E-state index is -0.989. The summed E-state index contributed by atoms with van der Waals surface area (Å²) in [6.45, 7) is 8.85. The maximum absolute atomic E-state index is 13.3. The molecule has 1 aromatic rings. The molecule has 1 amide bonds. The second-order valence-electron chi connectivity index (χ2n) is 8.56. The van der Waals surface area contributed by atoms with Crippen molar-refractivity contribution in [1.29, 1.82) is 10.5 Å². The van der Waals surface area contributed by atoms with Gasteiger partial charge in [0.25, 0.3) is 0 Å². The van der Waals surface area contributed by atoms with Crippen LogP contribution in [0.5, 0.6) is 0 Å². The minimum Gasteiger partial charge on any atom is -0.444 e. The van der Waals surface area contributed by atoms with Gasteiger partial charge in [0.05, 0.1) is 24.8 Å². The number of ether oxygens (including phenoxy) is 2. The zero-order valence-electron chi connectivity index (χ0n) is 17.5. The first-order chi connectivity index (χ1) is 13.5. The number of Topliss-reactive ketones (excluding diaryl/α,β-unsaturated/α-hetero) is 1. The Labute approximate surface area is 171 Å². The zero-order chi connectivity index (χ0) is 21.8. The van der Waals surface area contributed by atoms with Crippen molar-refractivity contribution in [2.45, 2.75) is 58.4 Å². The summed E-state index contributed by atoms with van der Waals surface area (Å²) in [6, 6.07) is 11.9. The van der Waals surface area contributed by atoms with Crippen molar-refractivity contribution in [2.24, 2.45) is 11.8 Å². The predicted molar refractivity (Wildman–Crippen MR) is 105 cm³/mol. The lowest BCUT2D eigenvalue weighted by molar-refractivity contribution is -0.0639. The molecule has 0 aliphatic carbocycles. The summed E-state index contributed by atoms with van der Waals surface area (Å²) in [5.41, 5.74) is -1.25. The van der Waals surface area contributed by atoms with Gasteiger partial charge in [-0.05, 0) is 41.0 Å². The van der Waals surface area contributed by atoms with Gasteiger partial charge >= 0.3 is 6.09 Å². The van der Waals surface area contributed by atoms with Gasteiger partial charge in [0.15, 0.2) is 5.78 Å². The van der Waals surface area contributed by atoms with E-state index in [4.69, 9.17) is 9.47 Å². The molecule has 1 heterocycles. The van der Waals surface area contributed by atoms with Crippen molar-refractivity contribution in [3.63, 3.8) is 0 Å². The Kier molecular flexibility index (Phi) is 6.66. The van der Waals surface area contributed by atoms with Crippen molar-refractivity contribution in [1.82, 2.24) is 4.90 Å². The van der Waals surface area contributed by atoms with Gasteiger partial charge in [-0.3, -0.25) is 9.69 Å². The Hall–Kier alpha value is -2.90. The van der Waals surface area contributed by atoms with Crippen LogP contribution in [0.15, 0.2) is 30.3 Å². The van der Waals surface area contributed by atoms with Gasteiger partial charge in [0, 0.05) is 11.5 Å². The predicted octanol–water partition coefficient (Wildman–Crippen LogP) is 3.91. The summed E-state index contributed by atoms with van der Waals surface area (Å²) in [6.07, 6.45) is -0.592. The van der Waals surface area contributed by atoms with Crippen molar-refractivity contribution < 1.29 is 19.1 Å². The molecule has 0 saturated carbocycles. The van der Waals surface area contributed by atoms with Crippen LogP contribution in [0.4, 0.5) is 4.79 Å². The molecule has 7 nitrogen and oxygen atoms in total. The van der Waals surface area contributed by atoms with E-state index in [0.29, 0.717) is 5.56 Å². The lowest BCUT2D eigenvalue weighted by Crippen LogP contribution is -2.53. The number of hydrogen-bond donors (Lipinski definition) is 0. The number of nitrogens with zero attached hydrogens (tertiary/aromatic N) is 3. The highest BCUT2D eigenvalue weighted by molar-refractivity contribution is 5.98. The molecule has 1 unspecified atom stereocenters. The van der Waals surface area contributed by atoms with Crippen LogP contribution in [0, 0.1) is 34.5 Å². The number of benzene rings is 1. The molecule has 0 bridgehead atoms. The highest BCUT2D eigenvalue weighted by atomic mass is 16.6. The zero-order valence-corrected chi connectivity index (χ0v) is 17.5. The van der Waals surface area contributed by atoms with Gasteiger partial charge in [0.1, 0.15) is 17.2 Å². The van der Waals surface area contributed by atoms with Gasteiger partial charge in [-0.1, -0.05) is 30.3 Å². The lowest BCUT2D eigenvalue weighted by atomic mass is 9.83. The third-order valence-corrected chi connectivity index (χ3v) is 4.77. The smallest absolute Gasteiger partial charge is 0.412 e. The number of nitriles is 2. The van der Waals surface area contributed by atoms with Crippen molar-refractivity contribution >= 4 is 11.9 Å². The number of hydrogen-bond acceptors (Lipinski definition) is 6. The van der Waals surface area contributed by atoms with E-state index in [1.54, 1.807) is 65.0 Å². The second kappa shape index (κ2) is 8.63. The largest absolute Gasteiger partial charge is 0.444 e. The Bertz CT molecular complexity index is 816. The molecule has 2 rings (SSSR count). The third kappa shape index (κ3) is 5.34. The third-order valence-electron chi connectivity index (χ3n) is 4.77. The molecule has 1 fully saturated rings. The molecule has 7 heteroatoms. The van der Waals surface area contributed by atoms with E-state index in [-0.39, 0.29) is 18.8 Å². The summed E-state index contributed by atoms with van der Waals surface area (Å²) < 4.78 is 11.4. The van der Waals surface area contributed by atoms with Crippen LogP contribution in [0.2, 0.25) is 0 Å². The standard InChI is InChI=1S/C22H27N3O4/c1-21(2,3)29-20(27)25-18(14-28-22(25,4)5)17(11-15(12-23)13-24)19(26)16-9-7-6-8-10-16/h6-10,15,17-18H,11,14H2,1-5H3/t17?,18-/m0/s1. The van der Waals surface area contributed by atoms with Crippen molar-refractivity contribution in [3.8, 4) is 12.1 Å². The van der Waals surface area contributed by atoms with Gasteiger partial charge in [-0.2, -0.15) is 10.5 Å². The number of ketones is 1. The van der Waals surface area contributed by atoms with Crippen LogP contribution < -0.4 is 0 Å². The van der Waals surface area contributed by atoms with Crippen molar-refractivity contribution in [2.75, 3.05) is 6.61 Å². The van der Waals surface area contributed by atoms with Crippen LogP contribution in [-0.2, 0) is 9.47 Å². The average Bonchev–Trinajstić information content (AvgIpc) is 2.96. The highest BCUT2D eigenvalue weighted by Crippen LogP contribution is 2.36. The van der Waals surface area contributed by atoms with E-state index in [1.807, 2.05) is 12.1 Å². The Morgan fingerprint density at radius 1 is 1.24 bits per heavy atom. The van der Waals surface area contributed by atoms with E-state index in [1.165, 1.54) is 4.90 Å². The van der Waals surface area contributed by atoms with Crippen LogP contribution in [0.25, 0.3) is 0 Å². The van der Waals surface area contributed by atoms with Crippen LogP contribution in [0.3, 0.4) is 0 Å². The summed E-state index contributed by atoms with van der Waals surface area (Å²) in [7, 11) is 0. The minimum absolute atomic E-state index is 0.00410. The summed E-state index contributed by atoms with van der Waals surface area (Å²) in [5.74, 6) is -1.99. The Balaban J connectivity index is 2.44. The van der Waals surface area contributed by atoms with Gasteiger partial charge in [0.2, 0.25) is 0 Å². The fraction of sp³-hybridized carbons (Fsp3) is 0.545. The van der Waals surface area contributed by atoms with Gasteiger partial charge in [-0.25, -0.2) is 4.79 Å². The van der Waals surface area contributed by atoms with Gasteiger partial charge in [-0.15, -0.1) is 0 Å². The topological polar surface area (TPSA) is 103 Å². The maximum atomic E-state index is 13.3. The maximum Gasteiger partial charge on any atom is 0.412 e. The van der Waals surface area contributed by atoms with E-state index >= 15 is 0 Å². The first-order valence-electron chi connectivity index (χ1n) is 9.55. The molecule has 1 aliphatic rings. The molecule has 0 N–H and O–H groups in total. The Morgan fingerprint density at radius 2 is 1.83 bits per heavy atom. The molecule has 0 aromatic heterocycles. The highest BCUT2D eigenvalue weighted by Gasteiger charge is 2.50. The molecule has 1 aromatic carbocycles. The number of carbonyl (C=O) groups is 2. The van der Waals surface area contributed by atoms with E-state index < -0.39 is 35.3 Å². The number of carbonyl (C=O) groups excluding carboxylic acids is 2. The molecule has 0 radical (unpaired) electrons. The van der Waals surface area contributed by atoms with Gasteiger partial charge < -0.3 is 9.47 Å². The molecule has 29 heavy (non-hydrogen) atoms. The normalized spacial score (nSPS) is 19.3. The number of amides is 1. The van der Waals surface area contributed by atoms with Crippen LogP contribution >= 0.6 is 0 Å². The quantitative estimate of drug-likeness (QED) is 0.698. The van der Waals surface area contributed by atoms with Crippen LogP contribution in [0.1, 0.15) is 51.4 Å². The second-order valence-corrected chi connectivity index (χ2v) is 8.56. The summed E-state index contributed by atoms with van der Waals surface area (Å²) in [4.78, 5) is 27.7. The van der Waals surface area contributed by atoms with E-state index in [9.17, 15) is 20.1 Å². The fourth-order valence-electron chi connectivity index (χ4n) is 3.44. The van der Waals surface area contributed by atoms with E-state index in [2.05, 4.69) is 0 Å². The fourth-order valence-corrected chi connectivity index (χ4v) is 3.44. The first-order valence-corrected chi connectivity index (χ1v) is 9.55. The molecule has 1 saturated heterocycles. The molecular weight excluding hydrogens is 370 g/mol. The summed E-state index contributed by atoms with van der Waals surface area (Å²) in [5, 5.41) is 18.6. The molecular formula is C22H27N3O4. The van der Waals surface area contributed by atoms with Crippen molar-refractivity contribution in [3.05, 3.63) is 35.9 Å². The first kappa shape index (κ1) is 22.4. The molecule has 1 aliphatic heterocycles. The van der Waals surface area contributed by atoms with Crippen LogP contribution in [-0.4, -0.2) is 40.8 Å².